The molecule has 6 nitrogen and oxygen atoms in total. The summed E-state index contributed by atoms with van der Waals surface area (Å²) >= 11 is 0. The Morgan fingerprint density at radius 2 is 1.71 bits per heavy atom. The SMILES string of the molecule is CCN(Cc1ccccc1)c1nccc(NCc2ccc(OC)c(OC)c2)n1. The van der Waals surface area contributed by atoms with Gasteiger partial charge in [0.2, 0.25) is 5.95 Å². The van der Waals surface area contributed by atoms with Crippen molar-refractivity contribution >= 4 is 11.8 Å². The number of nitrogens with zero attached hydrogens (tertiary/aromatic N) is 3. The van der Waals surface area contributed by atoms with Crippen molar-refractivity contribution in [1.29, 1.82) is 0 Å². The normalized spacial score (nSPS) is 10.4. The molecule has 6 heteroatoms. The molecule has 0 spiro atoms. The molecule has 0 saturated carbocycles. The highest BCUT2D eigenvalue weighted by Gasteiger charge is 2.10. The number of nitrogens with one attached hydrogen (secondary N) is 1. The van der Waals surface area contributed by atoms with Gasteiger partial charge in [-0.3, -0.25) is 0 Å². The zero-order chi connectivity index (χ0) is 19.8. The molecule has 0 amide bonds. The summed E-state index contributed by atoms with van der Waals surface area (Å²) in [6, 6.07) is 18.1. The number of aromatic nitrogens is 2. The van der Waals surface area contributed by atoms with Gasteiger partial charge in [0, 0.05) is 25.8 Å². The molecule has 3 rings (SSSR count). The number of rotatable bonds is 9. The van der Waals surface area contributed by atoms with Gasteiger partial charge in [-0.05, 0) is 36.2 Å². The van der Waals surface area contributed by atoms with E-state index in [0.29, 0.717) is 18.2 Å². The predicted molar refractivity (Wildman–Crippen MR) is 112 cm³/mol. The Morgan fingerprint density at radius 3 is 2.43 bits per heavy atom. The molecule has 3 aromatic rings. The minimum Gasteiger partial charge on any atom is -0.493 e. The molecule has 28 heavy (non-hydrogen) atoms. The van der Waals surface area contributed by atoms with Gasteiger partial charge in [-0.25, -0.2) is 4.98 Å². The summed E-state index contributed by atoms with van der Waals surface area (Å²) in [5.74, 6) is 2.93. The van der Waals surface area contributed by atoms with E-state index >= 15 is 0 Å². The Kier molecular flexibility index (Phi) is 6.68. The monoisotopic (exact) mass is 378 g/mol. The fourth-order valence-electron chi connectivity index (χ4n) is 2.91. The third-order valence-corrected chi connectivity index (χ3v) is 4.45. The first-order valence-corrected chi connectivity index (χ1v) is 9.30. The van der Waals surface area contributed by atoms with Crippen LogP contribution in [0, 0.1) is 0 Å². The smallest absolute Gasteiger partial charge is 0.227 e. The van der Waals surface area contributed by atoms with Crippen LogP contribution in [0.2, 0.25) is 0 Å². The highest BCUT2D eigenvalue weighted by molar-refractivity contribution is 5.46. The Labute approximate surface area is 166 Å². The number of ether oxygens (including phenoxy) is 2. The molecule has 146 valence electrons. The maximum Gasteiger partial charge on any atom is 0.227 e. The molecule has 1 heterocycles. The third kappa shape index (κ3) is 4.91. The van der Waals surface area contributed by atoms with Crippen molar-refractivity contribution in [1.82, 2.24) is 9.97 Å². The molecule has 0 radical (unpaired) electrons. The second kappa shape index (κ2) is 9.60. The lowest BCUT2D eigenvalue weighted by Crippen LogP contribution is -2.24. The minimum atomic E-state index is 0.627. The molecule has 0 saturated heterocycles. The number of hydrogen-bond donors (Lipinski definition) is 1. The van der Waals surface area contributed by atoms with Crippen LogP contribution in [0.4, 0.5) is 11.8 Å². The summed E-state index contributed by atoms with van der Waals surface area (Å²) in [5, 5.41) is 3.36. The van der Waals surface area contributed by atoms with Crippen molar-refractivity contribution in [3.05, 3.63) is 71.9 Å². The Hall–Kier alpha value is -3.28. The number of methoxy groups -OCH3 is 2. The average molecular weight is 378 g/mol. The van der Waals surface area contributed by atoms with E-state index in [2.05, 4.69) is 39.2 Å². The van der Waals surface area contributed by atoms with Gasteiger partial charge in [0.15, 0.2) is 11.5 Å². The van der Waals surface area contributed by atoms with E-state index in [1.165, 1.54) is 5.56 Å². The Balaban J connectivity index is 1.69. The minimum absolute atomic E-state index is 0.627. The standard InChI is InChI=1S/C22H26N4O2/c1-4-26(16-17-8-6-5-7-9-17)22-23-13-12-21(25-22)24-15-18-10-11-19(27-2)20(14-18)28-3/h5-14H,4,15-16H2,1-3H3,(H,23,24,25). The van der Waals surface area contributed by atoms with Crippen LogP contribution in [0.15, 0.2) is 60.8 Å². The van der Waals surface area contributed by atoms with Crippen molar-refractivity contribution < 1.29 is 9.47 Å². The van der Waals surface area contributed by atoms with E-state index in [1.54, 1.807) is 20.4 Å². The number of anilines is 2. The number of benzene rings is 2. The molecule has 1 N–H and O–H groups in total. The van der Waals surface area contributed by atoms with Crippen LogP contribution in [0.5, 0.6) is 11.5 Å². The maximum absolute atomic E-state index is 5.37. The second-order valence-corrected chi connectivity index (χ2v) is 6.28. The molecular formula is C22H26N4O2. The molecule has 0 aliphatic carbocycles. The van der Waals surface area contributed by atoms with Gasteiger partial charge in [-0.2, -0.15) is 4.98 Å². The van der Waals surface area contributed by atoms with Gasteiger partial charge in [-0.1, -0.05) is 36.4 Å². The zero-order valence-corrected chi connectivity index (χ0v) is 16.6. The van der Waals surface area contributed by atoms with Gasteiger partial charge in [0.1, 0.15) is 5.82 Å². The number of hydrogen-bond acceptors (Lipinski definition) is 6. The summed E-state index contributed by atoms with van der Waals surface area (Å²) in [7, 11) is 3.27. The zero-order valence-electron chi connectivity index (χ0n) is 16.6. The molecule has 0 aliphatic heterocycles. The van der Waals surface area contributed by atoms with E-state index in [0.717, 1.165) is 30.2 Å². The first kappa shape index (κ1) is 19.5. The van der Waals surface area contributed by atoms with Crippen LogP contribution in [0.3, 0.4) is 0 Å². The second-order valence-electron chi connectivity index (χ2n) is 6.28. The summed E-state index contributed by atoms with van der Waals surface area (Å²) in [6.45, 7) is 4.34. The van der Waals surface area contributed by atoms with Crippen molar-refractivity contribution in [3.8, 4) is 11.5 Å². The Bertz CT molecular complexity index is 887. The summed E-state index contributed by atoms with van der Waals surface area (Å²) in [4.78, 5) is 11.3. The quantitative estimate of drug-likeness (QED) is 0.604. The lowest BCUT2D eigenvalue weighted by atomic mass is 10.2. The summed E-state index contributed by atoms with van der Waals surface area (Å²) in [5.41, 5.74) is 2.31. The molecule has 0 atom stereocenters. The van der Waals surface area contributed by atoms with Gasteiger partial charge in [0.25, 0.3) is 0 Å². The van der Waals surface area contributed by atoms with Crippen LogP contribution in [-0.4, -0.2) is 30.7 Å². The van der Waals surface area contributed by atoms with Crippen molar-refractivity contribution in [2.24, 2.45) is 0 Å². The molecular weight excluding hydrogens is 352 g/mol. The lowest BCUT2D eigenvalue weighted by molar-refractivity contribution is 0.354. The average Bonchev–Trinajstić information content (AvgIpc) is 2.76. The molecule has 0 aliphatic rings. The largest absolute Gasteiger partial charge is 0.493 e. The highest BCUT2D eigenvalue weighted by atomic mass is 16.5. The van der Waals surface area contributed by atoms with Crippen LogP contribution >= 0.6 is 0 Å². The van der Waals surface area contributed by atoms with Gasteiger partial charge >= 0.3 is 0 Å². The van der Waals surface area contributed by atoms with Gasteiger partial charge < -0.3 is 19.7 Å². The van der Waals surface area contributed by atoms with Crippen LogP contribution in [-0.2, 0) is 13.1 Å². The first-order chi connectivity index (χ1) is 13.7. The molecule has 0 fully saturated rings. The topological polar surface area (TPSA) is 59.5 Å². The van der Waals surface area contributed by atoms with E-state index in [-0.39, 0.29) is 0 Å². The summed E-state index contributed by atoms with van der Waals surface area (Å²) < 4.78 is 10.7. The van der Waals surface area contributed by atoms with Crippen molar-refractivity contribution in [2.45, 2.75) is 20.0 Å². The molecule has 0 unspecified atom stereocenters. The molecule has 1 aromatic heterocycles. The van der Waals surface area contributed by atoms with Crippen molar-refractivity contribution in [3.63, 3.8) is 0 Å². The van der Waals surface area contributed by atoms with Gasteiger partial charge in [-0.15, -0.1) is 0 Å². The van der Waals surface area contributed by atoms with E-state index in [4.69, 9.17) is 9.47 Å². The Morgan fingerprint density at radius 1 is 0.929 bits per heavy atom. The maximum atomic E-state index is 5.37. The van der Waals surface area contributed by atoms with Gasteiger partial charge in [0.05, 0.1) is 14.2 Å². The van der Waals surface area contributed by atoms with E-state index in [9.17, 15) is 0 Å². The fourth-order valence-corrected chi connectivity index (χ4v) is 2.91. The van der Waals surface area contributed by atoms with Crippen molar-refractivity contribution in [2.75, 3.05) is 31.0 Å². The van der Waals surface area contributed by atoms with Crippen LogP contribution in [0.25, 0.3) is 0 Å². The lowest BCUT2D eigenvalue weighted by Gasteiger charge is -2.21. The molecule has 0 bridgehead atoms. The fraction of sp³-hybridized carbons (Fsp3) is 0.273. The molecule has 2 aromatic carbocycles. The van der Waals surface area contributed by atoms with Crippen LogP contribution < -0.4 is 19.7 Å². The highest BCUT2D eigenvalue weighted by Crippen LogP contribution is 2.27. The van der Waals surface area contributed by atoms with E-state index in [1.807, 2.05) is 42.5 Å². The first-order valence-electron chi connectivity index (χ1n) is 9.30. The van der Waals surface area contributed by atoms with Crippen LogP contribution in [0.1, 0.15) is 18.1 Å². The third-order valence-electron chi connectivity index (χ3n) is 4.45. The summed E-state index contributed by atoms with van der Waals surface area (Å²) in [6.07, 6.45) is 1.78. The van der Waals surface area contributed by atoms with E-state index < -0.39 is 0 Å². The predicted octanol–water partition coefficient (Wildman–Crippen LogP) is 4.13.